The third-order valence-electron chi connectivity index (χ3n) is 9.87. The van der Waals surface area contributed by atoms with Gasteiger partial charge >= 0.3 is 0 Å². The number of phenols is 1. The molecule has 0 aliphatic heterocycles. The predicted octanol–water partition coefficient (Wildman–Crippen LogP) is 2.71. The van der Waals surface area contributed by atoms with Crippen LogP contribution in [0.25, 0.3) is 0 Å². The summed E-state index contributed by atoms with van der Waals surface area (Å²) >= 11 is 1.54. The number of carbonyl (C=O) groups is 4. The van der Waals surface area contributed by atoms with Gasteiger partial charge in [0, 0.05) is 12.5 Å². The summed E-state index contributed by atoms with van der Waals surface area (Å²) in [6.45, 7) is -0.333. The second-order valence-corrected chi connectivity index (χ2v) is 14.3. The molecule has 10 nitrogen and oxygen atoms in total. The van der Waals surface area contributed by atoms with Crippen molar-refractivity contribution in [1.29, 1.82) is 0 Å². The van der Waals surface area contributed by atoms with Gasteiger partial charge in [0.1, 0.15) is 17.8 Å². The number of carbonyl (C=O) groups excluding carboxylic acids is 4. The average molecular weight is 686 g/mol. The predicted molar refractivity (Wildman–Crippen MR) is 186 cm³/mol. The lowest BCUT2D eigenvalue weighted by atomic mass is 9.54. The molecular formula is C35H48ClN5O5S. The Morgan fingerprint density at radius 1 is 0.809 bits per heavy atom. The molecule has 0 radical (unpaired) electrons. The van der Waals surface area contributed by atoms with Crippen LogP contribution >= 0.6 is 24.2 Å². The first kappa shape index (κ1) is 36.6. The molecule has 2 aromatic rings. The minimum atomic E-state index is -0.899. The van der Waals surface area contributed by atoms with Crippen LogP contribution in [-0.4, -0.2) is 71.5 Å². The first-order valence-electron chi connectivity index (χ1n) is 16.4. The van der Waals surface area contributed by atoms with Crippen molar-refractivity contribution in [2.45, 2.75) is 75.5 Å². The lowest BCUT2D eigenvalue weighted by Crippen LogP contribution is -2.60. The largest absolute Gasteiger partial charge is 0.508 e. The molecule has 0 heterocycles. The molecule has 4 saturated carbocycles. The van der Waals surface area contributed by atoms with E-state index in [1.165, 1.54) is 56.0 Å². The van der Waals surface area contributed by atoms with E-state index in [0.717, 1.165) is 23.0 Å². The molecule has 6 rings (SSSR count). The van der Waals surface area contributed by atoms with Crippen LogP contribution in [0.1, 0.15) is 49.7 Å². The molecule has 256 valence electrons. The minimum absolute atomic E-state index is 0. The van der Waals surface area contributed by atoms with Gasteiger partial charge in [0.05, 0.1) is 12.6 Å². The molecule has 4 aliphatic rings. The van der Waals surface area contributed by atoms with Gasteiger partial charge in [-0.05, 0) is 104 Å². The van der Waals surface area contributed by atoms with E-state index in [9.17, 15) is 24.3 Å². The number of phenolic OH excluding ortho intramolecular Hbond substituents is 1. The van der Waals surface area contributed by atoms with Gasteiger partial charge in [-0.2, -0.15) is 11.8 Å². The number of nitrogens with one attached hydrogen (secondary N) is 4. The minimum Gasteiger partial charge on any atom is -0.508 e. The Morgan fingerprint density at radius 2 is 1.43 bits per heavy atom. The highest BCUT2D eigenvalue weighted by atomic mass is 35.5. The molecule has 3 atom stereocenters. The van der Waals surface area contributed by atoms with Crippen molar-refractivity contribution in [2.24, 2.45) is 29.4 Å². The van der Waals surface area contributed by atoms with Gasteiger partial charge in [-0.1, -0.05) is 42.5 Å². The van der Waals surface area contributed by atoms with Gasteiger partial charge in [0.25, 0.3) is 0 Å². The van der Waals surface area contributed by atoms with E-state index in [1.807, 2.05) is 36.6 Å². The van der Waals surface area contributed by atoms with Crippen molar-refractivity contribution in [3.05, 3.63) is 65.7 Å². The third kappa shape index (κ3) is 10.1. The quantitative estimate of drug-likeness (QED) is 0.168. The maximum Gasteiger partial charge on any atom is 0.243 e. The number of amides is 4. The molecule has 4 bridgehead atoms. The van der Waals surface area contributed by atoms with Gasteiger partial charge in [-0.3, -0.25) is 19.2 Å². The topological polar surface area (TPSA) is 163 Å². The van der Waals surface area contributed by atoms with Crippen LogP contribution in [-0.2, 0) is 32.0 Å². The Bertz CT molecular complexity index is 1340. The Labute approximate surface area is 287 Å². The SMILES string of the molecule is CSCC[C@@H](NC(=O)[C@@H](N)Cc1ccc(O)cc1)C(=O)NCC(=O)N[C@@H](Cc1ccccc1)C(=O)NC1C2CC3CC(C2)CC1C3.Cl. The van der Waals surface area contributed by atoms with E-state index < -0.39 is 35.8 Å². The summed E-state index contributed by atoms with van der Waals surface area (Å²) in [6, 6.07) is 13.6. The first-order chi connectivity index (χ1) is 22.2. The number of thioether (sulfide) groups is 1. The third-order valence-corrected chi connectivity index (χ3v) is 10.5. The summed E-state index contributed by atoms with van der Waals surface area (Å²) in [6.07, 6.45) is 8.88. The zero-order chi connectivity index (χ0) is 32.6. The van der Waals surface area contributed by atoms with E-state index in [-0.39, 0.29) is 43.1 Å². The molecule has 0 unspecified atom stereocenters. The van der Waals surface area contributed by atoms with Crippen LogP contribution < -0.4 is 27.0 Å². The molecule has 0 spiro atoms. The van der Waals surface area contributed by atoms with Crippen LogP contribution in [0.3, 0.4) is 0 Å². The highest BCUT2D eigenvalue weighted by molar-refractivity contribution is 7.98. The summed E-state index contributed by atoms with van der Waals surface area (Å²) in [4.78, 5) is 52.9. The maximum absolute atomic E-state index is 13.7. The van der Waals surface area contributed by atoms with E-state index >= 15 is 0 Å². The van der Waals surface area contributed by atoms with E-state index in [4.69, 9.17) is 5.73 Å². The van der Waals surface area contributed by atoms with Gasteiger partial charge < -0.3 is 32.1 Å². The number of rotatable bonds is 15. The lowest BCUT2D eigenvalue weighted by Gasteiger charge is -2.54. The molecule has 47 heavy (non-hydrogen) atoms. The number of hydrogen-bond donors (Lipinski definition) is 6. The fourth-order valence-corrected chi connectivity index (χ4v) is 8.25. The van der Waals surface area contributed by atoms with Crippen LogP contribution in [0.2, 0.25) is 0 Å². The fourth-order valence-electron chi connectivity index (χ4n) is 7.78. The van der Waals surface area contributed by atoms with E-state index in [1.54, 1.807) is 12.1 Å². The molecule has 4 amide bonds. The monoisotopic (exact) mass is 685 g/mol. The zero-order valence-electron chi connectivity index (χ0n) is 26.9. The number of hydrogen-bond acceptors (Lipinski definition) is 7. The maximum atomic E-state index is 13.7. The summed E-state index contributed by atoms with van der Waals surface area (Å²) in [5, 5.41) is 21.1. The summed E-state index contributed by atoms with van der Waals surface area (Å²) < 4.78 is 0. The van der Waals surface area contributed by atoms with Crippen molar-refractivity contribution in [2.75, 3.05) is 18.6 Å². The van der Waals surface area contributed by atoms with E-state index in [2.05, 4.69) is 21.3 Å². The summed E-state index contributed by atoms with van der Waals surface area (Å²) in [5.41, 5.74) is 7.83. The molecule has 4 fully saturated rings. The van der Waals surface area contributed by atoms with Crippen molar-refractivity contribution in [1.82, 2.24) is 21.3 Å². The van der Waals surface area contributed by atoms with Crippen molar-refractivity contribution < 1.29 is 24.3 Å². The van der Waals surface area contributed by atoms with Gasteiger partial charge in [0.15, 0.2) is 0 Å². The highest BCUT2D eigenvalue weighted by Crippen LogP contribution is 2.53. The summed E-state index contributed by atoms with van der Waals surface area (Å²) in [5.74, 6) is 1.69. The zero-order valence-corrected chi connectivity index (χ0v) is 28.5. The highest BCUT2D eigenvalue weighted by Gasteiger charge is 2.49. The molecular weight excluding hydrogens is 638 g/mol. The number of aromatic hydroxyl groups is 1. The van der Waals surface area contributed by atoms with Crippen molar-refractivity contribution >= 4 is 47.8 Å². The molecule has 2 aromatic carbocycles. The van der Waals surface area contributed by atoms with Gasteiger partial charge in [-0.25, -0.2) is 0 Å². The Kier molecular flexibility index (Phi) is 13.4. The van der Waals surface area contributed by atoms with E-state index in [0.29, 0.717) is 30.4 Å². The van der Waals surface area contributed by atoms with Crippen LogP contribution in [0.4, 0.5) is 0 Å². The lowest BCUT2D eigenvalue weighted by molar-refractivity contribution is -0.132. The summed E-state index contributed by atoms with van der Waals surface area (Å²) in [7, 11) is 0. The Hall–Kier alpha value is -3.28. The first-order valence-corrected chi connectivity index (χ1v) is 17.8. The molecule has 12 heteroatoms. The number of halogens is 1. The molecule has 0 aromatic heterocycles. The number of nitrogens with two attached hydrogens (primary N) is 1. The second-order valence-electron chi connectivity index (χ2n) is 13.3. The average Bonchev–Trinajstić information content (AvgIpc) is 3.04. The molecule has 7 N–H and O–H groups in total. The van der Waals surface area contributed by atoms with Crippen molar-refractivity contribution in [3.8, 4) is 5.75 Å². The van der Waals surface area contributed by atoms with Crippen molar-refractivity contribution in [3.63, 3.8) is 0 Å². The smallest absolute Gasteiger partial charge is 0.243 e. The normalized spacial score (nSPS) is 24.3. The Morgan fingerprint density at radius 3 is 2.04 bits per heavy atom. The van der Waals surface area contributed by atoms with Crippen LogP contribution in [0, 0.1) is 23.7 Å². The number of benzene rings is 2. The molecule has 0 saturated heterocycles. The van der Waals surface area contributed by atoms with Crippen LogP contribution in [0.15, 0.2) is 54.6 Å². The second kappa shape index (κ2) is 17.2. The fraction of sp³-hybridized carbons (Fsp3) is 0.543. The molecule has 4 aliphatic carbocycles. The van der Waals surface area contributed by atoms with Gasteiger partial charge in [-0.15, -0.1) is 12.4 Å². The van der Waals surface area contributed by atoms with Crippen LogP contribution in [0.5, 0.6) is 5.75 Å². The Balaban J connectivity index is 0.00000500. The van der Waals surface area contributed by atoms with Gasteiger partial charge in [0.2, 0.25) is 23.6 Å². The standard InChI is InChI=1S/C35H47N5O5S.ClH/c1-46-12-11-29(39-33(43)28(36)18-22-7-9-27(41)10-8-22)34(44)37-20-31(42)38-30(19-21-5-3-2-4-6-21)35(45)40-32-25-14-23-13-24(16-25)17-26(32)15-23;/h2-10,23-26,28-30,32,41H,11-20,36H2,1H3,(H,37,44)(H,38,42)(H,39,43)(H,40,45);1H/t23?,24?,25?,26?,28-,29+,30-,32?;/m0./s1.